The lowest BCUT2D eigenvalue weighted by molar-refractivity contribution is -0.384. The number of nitro groups is 1. The molecule has 2 aromatic rings. The number of carboxylic acid groups (broad SMARTS) is 1. The molecule has 0 radical (unpaired) electrons. The van der Waals surface area contributed by atoms with E-state index in [4.69, 9.17) is 5.11 Å². The fraction of sp³-hybridized carbons (Fsp3) is 0.214. The molecule has 0 amide bonds. The van der Waals surface area contributed by atoms with Crippen molar-refractivity contribution in [2.45, 2.75) is 20.4 Å². The van der Waals surface area contributed by atoms with Gasteiger partial charge in [0.05, 0.1) is 16.2 Å². The van der Waals surface area contributed by atoms with E-state index < -0.39 is 10.9 Å². The molecular weight excluding hydrogens is 292 g/mol. The number of hydrogen-bond acceptors (Lipinski definition) is 5. The van der Waals surface area contributed by atoms with Gasteiger partial charge in [0.2, 0.25) is 0 Å². The quantitative estimate of drug-likeness (QED) is 0.650. The molecule has 0 atom stereocenters. The summed E-state index contributed by atoms with van der Waals surface area (Å²) in [6.45, 7) is 4.45. The molecule has 0 bridgehead atoms. The lowest BCUT2D eigenvalue weighted by Crippen LogP contribution is -2.06. The number of nitrogens with one attached hydrogen (secondary N) is 1. The minimum absolute atomic E-state index is 0.0191. The van der Waals surface area contributed by atoms with Gasteiger partial charge in [-0.25, -0.2) is 4.79 Å². The second-order valence-electron chi connectivity index (χ2n) is 4.60. The van der Waals surface area contributed by atoms with Gasteiger partial charge in [0, 0.05) is 28.4 Å². The number of aromatic carboxylic acids is 1. The van der Waals surface area contributed by atoms with Gasteiger partial charge in [-0.05, 0) is 31.5 Å². The SMILES string of the molecule is Cc1cc(CNc2cc([N+](=O)[O-])ccc2C(=O)O)sc1C. The van der Waals surface area contributed by atoms with E-state index in [0.717, 1.165) is 4.88 Å². The van der Waals surface area contributed by atoms with Crippen molar-refractivity contribution in [3.63, 3.8) is 0 Å². The van der Waals surface area contributed by atoms with Crippen LogP contribution in [0.3, 0.4) is 0 Å². The summed E-state index contributed by atoms with van der Waals surface area (Å²) >= 11 is 1.61. The number of carbonyl (C=O) groups is 1. The molecule has 1 heterocycles. The third kappa shape index (κ3) is 3.38. The highest BCUT2D eigenvalue weighted by Gasteiger charge is 2.15. The van der Waals surface area contributed by atoms with Crippen LogP contribution >= 0.6 is 11.3 Å². The first-order valence-electron chi connectivity index (χ1n) is 6.20. The van der Waals surface area contributed by atoms with Crippen LogP contribution in [-0.2, 0) is 6.54 Å². The summed E-state index contributed by atoms with van der Waals surface area (Å²) in [4.78, 5) is 23.7. The summed E-state index contributed by atoms with van der Waals surface area (Å²) in [5.41, 5.74) is 1.31. The van der Waals surface area contributed by atoms with Crippen LogP contribution in [0.15, 0.2) is 24.3 Å². The van der Waals surface area contributed by atoms with Gasteiger partial charge in [-0.1, -0.05) is 0 Å². The Hall–Kier alpha value is -2.41. The Morgan fingerprint density at radius 1 is 1.38 bits per heavy atom. The Balaban J connectivity index is 2.26. The normalized spacial score (nSPS) is 10.4. The number of non-ortho nitro benzene ring substituents is 1. The molecule has 0 fully saturated rings. The molecule has 0 spiro atoms. The maximum atomic E-state index is 11.2. The average molecular weight is 306 g/mol. The number of carboxylic acids is 1. The van der Waals surface area contributed by atoms with Gasteiger partial charge in [-0.15, -0.1) is 11.3 Å². The molecule has 0 saturated carbocycles. The van der Waals surface area contributed by atoms with Crippen LogP contribution in [-0.4, -0.2) is 16.0 Å². The highest BCUT2D eigenvalue weighted by atomic mass is 32.1. The largest absolute Gasteiger partial charge is 0.478 e. The van der Waals surface area contributed by atoms with Gasteiger partial charge in [-0.3, -0.25) is 10.1 Å². The molecule has 6 nitrogen and oxygen atoms in total. The standard InChI is InChI=1S/C14H14N2O4S/c1-8-5-11(21-9(8)2)7-15-13-6-10(16(19)20)3-4-12(13)14(17)18/h3-6,15H,7H2,1-2H3,(H,17,18). The minimum atomic E-state index is -1.12. The van der Waals surface area contributed by atoms with Crippen LogP contribution in [0.1, 0.15) is 25.7 Å². The number of nitro benzene ring substituents is 1. The molecule has 2 rings (SSSR count). The zero-order valence-corrected chi connectivity index (χ0v) is 12.4. The Labute approximate surface area is 125 Å². The second-order valence-corrected chi connectivity index (χ2v) is 5.94. The van der Waals surface area contributed by atoms with Crippen LogP contribution in [0.4, 0.5) is 11.4 Å². The molecule has 0 aliphatic rings. The maximum Gasteiger partial charge on any atom is 0.337 e. The summed E-state index contributed by atoms with van der Waals surface area (Å²) in [6.07, 6.45) is 0. The fourth-order valence-corrected chi connectivity index (χ4v) is 2.89. The zero-order valence-electron chi connectivity index (χ0n) is 11.5. The number of thiophene rings is 1. The first-order valence-corrected chi connectivity index (χ1v) is 7.01. The Bertz CT molecular complexity index is 689. The van der Waals surface area contributed by atoms with Crippen molar-refractivity contribution in [3.05, 3.63) is 55.3 Å². The van der Waals surface area contributed by atoms with Gasteiger partial charge < -0.3 is 10.4 Å². The van der Waals surface area contributed by atoms with Gasteiger partial charge in [0.25, 0.3) is 5.69 Å². The van der Waals surface area contributed by atoms with E-state index in [-0.39, 0.29) is 16.9 Å². The number of hydrogen-bond donors (Lipinski definition) is 2. The topological polar surface area (TPSA) is 92.5 Å². The predicted molar refractivity (Wildman–Crippen MR) is 81.2 cm³/mol. The summed E-state index contributed by atoms with van der Waals surface area (Å²) in [5, 5.41) is 22.9. The molecule has 0 aliphatic heterocycles. The number of anilines is 1. The first-order chi connectivity index (χ1) is 9.88. The molecule has 7 heteroatoms. The smallest absolute Gasteiger partial charge is 0.337 e. The van der Waals surface area contributed by atoms with Crippen molar-refractivity contribution in [2.75, 3.05) is 5.32 Å². The average Bonchev–Trinajstić information content (AvgIpc) is 2.75. The van der Waals surface area contributed by atoms with Gasteiger partial charge in [0.15, 0.2) is 0 Å². The molecule has 21 heavy (non-hydrogen) atoms. The van der Waals surface area contributed by atoms with Crippen LogP contribution < -0.4 is 5.32 Å². The van der Waals surface area contributed by atoms with E-state index in [1.165, 1.54) is 28.6 Å². The van der Waals surface area contributed by atoms with Crippen molar-refractivity contribution in [2.24, 2.45) is 0 Å². The first kappa shape index (κ1) is 15.0. The van der Waals surface area contributed by atoms with Crippen molar-refractivity contribution >= 4 is 28.7 Å². The minimum Gasteiger partial charge on any atom is -0.478 e. The van der Waals surface area contributed by atoms with E-state index in [1.807, 2.05) is 19.9 Å². The fourth-order valence-electron chi connectivity index (χ4n) is 1.90. The maximum absolute atomic E-state index is 11.2. The van der Waals surface area contributed by atoms with Crippen LogP contribution in [0.5, 0.6) is 0 Å². The monoisotopic (exact) mass is 306 g/mol. The highest BCUT2D eigenvalue weighted by molar-refractivity contribution is 7.12. The van der Waals surface area contributed by atoms with E-state index in [2.05, 4.69) is 5.32 Å². The van der Waals surface area contributed by atoms with Gasteiger partial charge in [0.1, 0.15) is 0 Å². The lowest BCUT2D eigenvalue weighted by atomic mass is 10.1. The van der Waals surface area contributed by atoms with Crippen molar-refractivity contribution in [1.82, 2.24) is 0 Å². The van der Waals surface area contributed by atoms with Crippen LogP contribution in [0, 0.1) is 24.0 Å². The van der Waals surface area contributed by atoms with E-state index in [0.29, 0.717) is 6.54 Å². The second kappa shape index (κ2) is 5.92. The van der Waals surface area contributed by atoms with Crippen molar-refractivity contribution in [3.8, 4) is 0 Å². The Morgan fingerprint density at radius 2 is 2.10 bits per heavy atom. The summed E-state index contributed by atoms with van der Waals surface area (Å²) in [6, 6.07) is 5.70. The molecule has 1 aromatic carbocycles. The number of aryl methyl sites for hydroxylation is 2. The molecule has 0 unspecified atom stereocenters. The van der Waals surface area contributed by atoms with E-state index >= 15 is 0 Å². The highest BCUT2D eigenvalue weighted by Crippen LogP contribution is 2.25. The number of nitrogens with zero attached hydrogens (tertiary/aromatic N) is 1. The van der Waals surface area contributed by atoms with Crippen LogP contribution in [0.25, 0.3) is 0 Å². The van der Waals surface area contributed by atoms with E-state index in [9.17, 15) is 14.9 Å². The predicted octanol–water partition coefficient (Wildman–Crippen LogP) is 3.58. The molecule has 110 valence electrons. The Morgan fingerprint density at radius 3 is 2.62 bits per heavy atom. The Kier molecular flexibility index (Phi) is 4.23. The summed E-state index contributed by atoms with van der Waals surface area (Å²) in [7, 11) is 0. The van der Waals surface area contributed by atoms with Gasteiger partial charge >= 0.3 is 5.97 Å². The zero-order chi connectivity index (χ0) is 15.6. The summed E-state index contributed by atoms with van der Waals surface area (Å²) < 4.78 is 0. The van der Waals surface area contributed by atoms with Crippen molar-refractivity contribution < 1.29 is 14.8 Å². The molecular formula is C14H14N2O4S. The van der Waals surface area contributed by atoms with Crippen LogP contribution in [0.2, 0.25) is 0 Å². The lowest BCUT2D eigenvalue weighted by Gasteiger charge is -2.08. The molecule has 1 aromatic heterocycles. The van der Waals surface area contributed by atoms with Crippen molar-refractivity contribution in [1.29, 1.82) is 0 Å². The molecule has 2 N–H and O–H groups in total. The van der Waals surface area contributed by atoms with E-state index in [1.54, 1.807) is 11.3 Å². The third-order valence-corrected chi connectivity index (χ3v) is 4.27. The summed E-state index contributed by atoms with van der Waals surface area (Å²) in [5.74, 6) is -1.12. The van der Waals surface area contributed by atoms with Gasteiger partial charge in [-0.2, -0.15) is 0 Å². The number of benzene rings is 1. The number of rotatable bonds is 5. The molecule has 0 saturated heterocycles. The molecule has 0 aliphatic carbocycles. The third-order valence-electron chi connectivity index (χ3n) is 3.11.